The first-order valence-electron chi connectivity index (χ1n) is 7.16. The van der Waals surface area contributed by atoms with Gasteiger partial charge in [0.05, 0.1) is 23.7 Å². The lowest BCUT2D eigenvalue weighted by Gasteiger charge is -2.07. The highest BCUT2D eigenvalue weighted by molar-refractivity contribution is 7.09. The zero-order valence-electron chi connectivity index (χ0n) is 12.7. The Morgan fingerprint density at radius 3 is 2.68 bits per heavy atom. The number of aliphatic hydroxyl groups is 1. The van der Waals surface area contributed by atoms with Gasteiger partial charge in [-0.05, 0) is 24.3 Å². The van der Waals surface area contributed by atoms with Gasteiger partial charge >= 0.3 is 0 Å². The minimum atomic E-state index is -0.0929. The summed E-state index contributed by atoms with van der Waals surface area (Å²) >= 11 is 1.59. The molecule has 1 aromatic heterocycles. The molecule has 1 aromatic carbocycles. The maximum absolute atomic E-state index is 12.0. The van der Waals surface area contributed by atoms with Crippen LogP contribution in [0.4, 0.5) is 5.69 Å². The number of hydrogen-bond acceptors (Lipinski definition) is 5. The second-order valence-electron chi connectivity index (χ2n) is 5.15. The van der Waals surface area contributed by atoms with Gasteiger partial charge in [-0.15, -0.1) is 11.3 Å². The third-order valence-corrected chi connectivity index (χ3v) is 4.10. The average Bonchev–Trinajstić information content (AvgIpc) is 2.95. The second-order valence-corrected chi connectivity index (χ2v) is 6.04. The number of nitrogens with zero attached hydrogens (tertiary/aromatic N) is 1. The molecule has 5 nitrogen and oxygen atoms in total. The van der Waals surface area contributed by atoms with Gasteiger partial charge in [0.15, 0.2) is 0 Å². The summed E-state index contributed by atoms with van der Waals surface area (Å²) in [5.74, 6) is 0.950. The number of nitrogens with one attached hydrogen (secondary N) is 1. The van der Waals surface area contributed by atoms with Crippen LogP contribution in [0.1, 0.15) is 30.5 Å². The Hall–Kier alpha value is -1.92. The van der Waals surface area contributed by atoms with Crippen LogP contribution < -0.4 is 10.1 Å². The van der Waals surface area contributed by atoms with E-state index >= 15 is 0 Å². The first-order chi connectivity index (χ1) is 10.6. The van der Waals surface area contributed by atoms with Crippen molar-refractivity contribution < 1.29 is 14.6 Å². The highest BCUT2D eigenvalue weighted by Gasteiger charge is 2.10. The zero-order valence-corrected chi connectivity index (χ0v) is 13.5. The molecule has 0 saturated heterocycles. The minimum Gasteiger partial charge on any atom is -0.491 e. The number of aromatic nitrogens is 1. The molecule has 0 atom stereocenters. The molecule has 0 unspecified atom stereocenters. The Balaban J connectivity index is 1.88. The van der Waals surface area contributed by atoms with Crippen LogP contribution in [0.3, 0.4) is 0 Å². The lowest BCUT2D eigenvalue weighted by Crippen LogP contribution is -2.14. The van der Waals surface area contributed by atoms with Gasteiger partial charge in [-0.3, -0.25) is 4.79 Å². The Bertz CT molecular complexity index is 608. The Labute approximate surface area is 134 Å². The van der Waals surface area contributed by atoms with Crippen LogP contribution in [0.25, 0.3) is 0 Å². The Morgan fingerprint density at radius 2 is 2.09 bits per heavy atom. The van der Waals surface area contributed by atoms with Crippen molar-refractivity contribution in [2.75, 3.05) is 18.5 Å². The van der Waals surface area contributed by atoms with Gasteiger partial charge in [-0.25, -0.2) is 4.98 Å². The molecule has 6 heteroatoms. The van der Waals surface area contributed by atoms with E-state index in [-0.39, 0.29) is 25.5 Å². The van der Waals surface area contributed by atoms with Gasteiger partial charge in [0.2, 0.25) is 5.91 Å². The molecule has 0 spiro atoms. The summed E-state index contributed by atoms with van der Waals surface area (Å²) in [6.07, 6.45) is 0.270. The highest BCUT2D eigenvalue weighted by atomic mass is 32.1. The van der Waals surface area contributed by atoms with E-state index < -0.39 is 0 Å². The number of carbonyl (C=O) groups is 1. The van der Waals surface area contributed by atoms with Crippen molar-refractivity contribution in [1.29, 1.82) is 0 Å². The summed E-state index contributed by atoms with van der Waals surface area (Å²) in [4.78, 5) is 16.5. The fraction of sp³-hybridized carbons (Fsp3) is 0.375. The van der Waals surface area contributed by atoms with Gasteiger partial charge in [0.25, 0.3) is 0 Å². The van der Waals surface area contributed by atoms with Crippen LogP contribution >= 0.6 is 11.3 Å². The highest BCUT2D eigenvalue weighted by Crippen LogP contribution is 2.20. The fourth-order valence-corrected chi connectivity index (χ4v) is 2.67. The number of ether oxygens (including phenoxy) is 1. The topological polar surface area (TPSA) is 71.5 Å². The van der Waals surface area contributed by atoms with Gasteiger partial charge in [-0.1, -0.05) is 13.8 Å². The summed E-state index contributed by atoms with van der Waals surface area (Å²) in [5, 5.41) is 14.5. The number of carbonyl (C=O) groups excluding carboxylic acids is 1. The van der Waals surface area contributed by atoms with E-state index in [4.69, 9.17) is 9.84 Å². The van der Waals surface area contributed by atoms with E-state index in [9.17, 15) is 4.79 Å². The van der Waals surface area contributed by atoms with Crippen molar-refractivity contribution in [3.8, 4) is 5.75 Å². The molecule has 0 aliphatic heterocycles. The molecule has 0 aliphatic carbocycles. The summed E-state index contributed by atoms with van der Waals surface area (Å²) in [7, 11) is 0. The van der Waals surface area contributed by atoms with Crippen molar-refractivity contribution in [3.63, 3.8) is 0 Å². The molecule has 1 amide bonds. The second kappa shape index (κ2) is 7.91. The molecular weight excluding hydrogens is 300 g/mol. The molecule has 0 radical (unpaired) electrons. The molecule has 0 bridgehead atoms. The Kier molecular flexibility index (Phi) is 5.91. The van der Waals surface area contributed by atoms with Crippen LogP contribution in [0, 0.1) is 0 Å². The van der Waals surface area contributed by atoms with E-state index in [0.717, 1.165) is 10.7 Å². The lowest BCUT2D eigenvalue weighted by molar-refractivity contribution is -0.115. The van der Waals surface area contributed by atoms with Crippen molar-refractivity contribution in [2.45, 2.75) is 26.2 Å². The van der Waals surface area contributed by atoms with Crippen molar-refractivity contribution in [2.24, 2.45) is 0 Å². The molecule has 22 heavy (non-hydrogen) atoms. The van der Waals surface area contributed by atoms with Crippen LogP contribution in [0.15, 0.2) is 29.6 Å². The monoisotopic (exact) mass is 320 g/mol. The first-order valence-corrected chi connectivity index (χ1v) is 8.04. The normalized spacial score (nSPS) is 10.7. The molecule has 1 heterocycles. The molecule has 2 N–H and O–H groups in total. The SMILES string of the molecule is CC(C)c1nc(CC(=O)Nc2ccc(OCCO)cc2)cs1. The van der Waals surface area contributed by atoms with E-state index in [1.165, 1.54) is 0 Å². The molecule has 118 valence electrons. The van der Waals surface area contributed by atoms with Gasteiger partial charge in [-0.2, -0.15) is 0 Å². The lowest BCUT2D eigenvalue weighted by atomic mass is 10.2. The standard InChI is InChI=1S/C16H20N2O3S/c1-11(2)16-18-13(10-22-16)9-15(20)17-12-3-5-14(6-4-12)21-8-7-19/h3-6,10-11,19H,7-9H2,1-2H3,(H,17,20). The maximum atomic E-state index is 12.0. The van der Waals surface area contributed by atoms with Crippen LogP contribution in [-0.2, 0) is 11.2 Å². The number of amides is 1. The van der Waals surface area contributed by atoms with Crippen LogP contribution in [0.2, 0.25) is 0 Å². The smallest absolute Gasteiger partial charge is 0.230 e. The predicted octanol–water partition coefficient (Wildman–Crippen LogP) is 2.82. The van der Waals surface area contributed by atoms with E-state index in [2.05, 4.69) is 24.1 Å². The quantitative estimate of drug-likeness (QED) is 0.823. The number of benzene rings is 1. The number of anilines is 1. The minimum absolute atomic E-state index is 0.0233. The Morgan fingerprint density at radius 1 is 1.36 bits per heavy atom. The molecule has 0 aliphatic rings. The van der Waals surface area contributed by atoms with Crippen molar-refractivity contribution >= 4 is 22.9 Å². The largest absolute Gasteiger partial charge is 0.491 e. The molecule has 2 rings (SSSR count). The summed E-state index contributed by atoms with van der Waals surface area (Å²) < 4.78 is 5.26. The summed E-state index contributed by atoms with van der Waals surface area (Å²) in [6, 6.07) is 7.05. The van der Waals surface area contributed by atoms with Crippen molar-refractivity contribution in [3.05, 3.63) is 40.3 Å². The van der Waals surface area contributed by atoms with Gasteiger partial charge in [0, 0.05) is 17.0 Å². The number of hydrogen-bond donors (Lipinski definition) is 2. The third-order valence-electron chi connectivity index (χ3n) is 2.90. The van der Waals surface area contributed by atoms with Crippen LogP contribution in [0.5, 0.6) is 5.75 Å². The molecular formula is C16H20N2O3S. The van der Waals surface area contributed by atoms with Crippen molar-refractivity contribution in [1.82, 2.24) is 4.98 Å². The number of rotatable bonds is 7. The molecule has 0 fully saturated rings. The first kappa shape index (κ1) is 16.5. The molecule has 2 aromatic rings. The third kappa shape index (κ3) is 4.82. The zero-order chi connectivity index (χ0) is 15.9. The average molecular weight is 320 g/mol. The predicted molar refractivity (Wildman–Crippen MR) is 87.6 cm³/mol. The maximum Gasteiger partial charge on any atom is 0.230 e. The van der Waals surface area contributed by atoms with Gasteiger partial charge < -0.3 is 15.2 Å². The molecule has 0 saturated carbocycles. The number of aliphatic hydroxyl groups excluding tert-OH is 1. The summed E-state index contributed by atoms with van der Waals surface area (Å²) in [5.41, 5.74) is 1.51. The van der Waals surface area contributed by atoms with E-state index in [0.29, 0.717) is 17.4 Å². The van der Waals surface area contributed by atoms with E-state index in [1.54, 1.807) is 35.6 Å². The number of thiazole rings is 1. The van der Waals surface area contributed by atoms with Crippen LogP contribution in [-0.4, -0.2) is 29.2 Å². The fourth-order valence-electron chi connectivity index (χ4n) is 1.84. The van der Waals surface area contributed by atoms with Gasteiger partial charge in [0.1, 0.15) is 12.4 Å². The summed E-state index contributed by atoms with van der Waals surface area (Å²) in [6.45, 7) is 4.41. The van der Waals surface area contributed by atoms with E-state index in [1.807, 2.05) is 5.38 Å².